The van der Waals surface area contributed by atoms with Crippen LogP contribution in [0.1, 0.15) is 48.0 Å². The molecule has 1 aromatic heterocycles. The average Bonchev–Trinajstić information content (AvgIpc) is 2.74. The summed E-state index contributed by atoms with van der Waals surface area (Å²) in [6.07, 6.45) is 8.14. The zero-order valence-corrected chi connectivity index (χ0v) is 16.3. The van der Waals surface area contributed by atoms with Crippen LogP contribution < -0.4 is 4.90 Å². The van der Waals surface area contributed by atoms with Gasteiger partial charge in [-0.2, -0.15) is 0 Å². The van der Waals surface area contributed by atoms with Gasteiger partial charge in [-0.1, -0.05) is 12.1 Å². The summed E-state index contributed by atoms with van der Waals surface area (Å²) in [5.74, 6) is 1.32. The molecule has 2 fully saturated rings. The van der Waals surface area contributed by atoms with Crippen LogP contribution in [0, 0.1) is 11.7 Å². The van der Waals surface area contributed by atoms with Crippen LogP contribution >= 0.6 is 0 Å². The quantitative estimate of drug-likeness (QED) is 0.792. The Labute approximate surface area is 166 Å². The minimum atomic E-state index is -0.163. The van der Waals surface area contributed by atoms with E-state index in [1.807, 2.05) is 23.1 Å². The summed E-state index contributed by atoms with van der Waals surface area (Å²) in [5, 5.41) is 0. The topological polar surface area (TPSA) is 36.4 Å². The smallest absolute Gasteiger partial charge is 0.257 e. The number of piperidine rings is 2. The lowest BCUT2D eigenvalue weighted by Crippen LogP contribution is -2.39. The number of halogens is 1. The molecular weight excluding hydrogens is 353 g/mol. The number of carbonyl (C=O) groups excluding carboxylic acids is 1. The molecule has 2 saturated heterocycles. The number of pyridine rings is 1. The highest BCUT2D eigenvalue weighted by molar-refractivity contribution is 5.99. The van der Waals surface area contributed by atoms with E-state index in [2.05, 4.69) is 9.88 Å². The van der Waals surface area contributed by atoms with E-state index in [0.29, 0.717) is 5.92 Å². The van der Waals surface area contributed by atoms with Crippen molar-refractivity contribution in [2.75, 3.05) is 31.1 Å². The third kappa shape index (κ3) is 4.34. The van der Waals surface area contributed by atoms with Gasteiger partial charge in [-0.25, -0.2) is 9.37 Å². The largest absolute Gasteiger partial charge is 0.356 e. The Kier molecular flexibility index (Phi) is 5.89. The predicted octanol–water partition coefficient (Wildman–Crippen LogP) is 4.31. The zero-order chi connectivity index (χ0) is 19.3. The predicted molar refractivity (Wildman–Crippen MR) is 109 cm³/mol. The third-order valence-electron chi connectivity index (χ3n) is 5.99. The van der Waals surface area contributed by atoms with E-state index < -0.39 is 0 Å². The first-order chi connectivity index (χ1) is 13.7. The summed E-state index contributed by atoms with van der Waals surface area (Å²) >= 11 is 0. The second-order valence-corrected chi connectivity index (χ2v) is 7.99. The van der Waals surface area contributed by atoms with E-state index in [-0.39, 0.29) is 11.7 Å². The molecule has 0 saturated carbocycles. The van der Waals surface area contributed by atoms with Crippen LogP contribution in [0.15, 0.2) is 42.6 Å². The van der Waals surface area contributed by atoms with Gasteiger partial charge in [-0.15, -0.1) is 0 Å². The van der Waals surface area contributed by atoms with Crippen LogP contribution in [0.4, 0.5) is 10.2 Å². The van der Waals surface area contributed by atoms with Gasteiger partial charge in [0.1, 0.15) is 11.6 Å². The fourth-order valence-electron chi connectivity index (χ4n) is 4.43. The summed E-state index contributed by atoms with van der Waals surface area (Å²) < 4.78 is 13.4. The fourth-order valence-corrected chi connectivity index (χ4v) is 4.43. The second kappa shape index (κ2) is 8.72. The first-order valence-electron chi connectivity index (χ1n) is 10.4. The summed E-state index contributed by atoms with van der Waals surface area (Å²) in [5.41, 5.74) is 1.80. The Morgan fingerprint density at radius 3 is 2.57 bits per heavy atom. The van der Waals surface area contributed by atoms with Crippen LogP contribution in [0.2, 0.25) is 0 Å². The van der Waals surface area contributed by atoms with Gasteiger partial charge in [0, 0.05) is 32.4 Å². The van der Waals surface area contributed by atoms with Crippen molar-refractivity contribution in [2.24, 2.45) is 5.92 Å². The normalized spacial score (nSPS) is 18.3. The molecular formula is C23H28FN3O. The highest BCUT2D eigenvalue weighted by Gasteiger charge is 2.26. The van der Waals surface area contributed by atoms with E-state index in [1.54, 1.807) is 18.3 Å². The molecule has 0 bridgehead atoms. The van der Waals surface area contributed by atoms with Gasteiger partial charge < -0.3 is 9.80 Å². The molecule has 148 valence electrons. The van der Waals surface area contributed by atoms with Crippen molar-refractivity contribution in [3.63, 3.8) is 0 Å². The van der Waals surface area contributed by atoms with Gasteiger partial charge >= 0.3 is 0 Å². The van der Waals surface area contributed by atoms with Crippen molar-refractivity contribution in [3.8, 4) is 0 Å². The third-order valence-corrected chi connectivity index (χ3v) is 5.99. The summed E-state index contributed by atoms with van der Waals surface area (Å²) in [6.45, 7) is 3.47. The highest BCUT2D eigenvalue weighted by atomic mass is 19.1. The van der Waals surface area contributed by atoms with Crippen LogP contribution in [0.3, 0.4) is 0 Å². The summed E-state index contributed by atoms with van der Waals surface area (Å²) in [6, 6.07) is 10.7. The van der Waals surface area contributed by atoms with Gasteiger partial charge in [0.25, 0.3) is 5.91 Å². The van der Waals surface area contributed by atoms with Crippen molar-refractivity contribution in [2.45, 2.75) is 38.5 Å². The van der Waals surface area contributed by atoms with Crippen molar-refractivity contribution >= 4 is 11.7 Å². The molecule has 2 aliphatic heterocycles. The van der Waals surface area contributed by atoms with E-state index in [0.717, 1.165) is 75.2 Å². The SMILES string of the molecule is O=C(c1cccnc1N1CCC(Cc2cccc(F)c2)CC1)N1CCCCC1. The van der Waals surface area contributed by atoms with Crippen LogP contribution in [0.25, 0.3) is 0 Å². The van der Waals surface area contributed by atoms with Gasteiger partial charge in [0.15, 0.2) is 0 Å². The van der Waals surface area contributed by atoms with E-state index in [9.17, 15) is 9.18 Å². The van der Waals surface area contributed by atoms with Crippen LogP contribution in [-0.2, 0) is 6.42 Å². The van der Waals surface area contributed by atoms with Crippen molar-refractivity contribution in [1.82, 2.24) is 9.88 Å². The molecule has 2 aliphatic rings. The molecule has 0 unspecified atom stereocenters. The number of anilines is 1. The summed E-state index contributed by atoms with van der Waals surface area (Å²) in [4.78, 5) is 21.8. The number of hydrogen-bond donors (Lipinski definition) is 0. The summed E-state index contributed by atoms with van der Waals surface area (Å²) in [7, 11) is 0. The molecule has 3 heterocycles. The lowest BCUT2D eigenvalue weighted by atomic mass is 9.90. The number of aromatic nitrogens is 1. The zero-order valence-electron chi connectivity index (χ0n) is 16.3. The number of benzene rings is 1. The average molecular weight is 381 g/mol. The molecule has 0 aliphatic carbocycles. The van der Waals surface area contributed by atoms with E-state index in [1.165, 1.54) is 12.5 Å². The fraction of sp³-hybridized carbons (Fsp3) is 0.478. The molecule has 4 rings (SSSR count). The molecule has 4 nitrogen and oxygen atoms in total. The first kappa shape index (κ1) is 18.9. The standard InChI is InChI=1S/C23H28FN3O/c24-20-7-4-6-19(17-20)16-18-9-14-26(15-10-18)22-21(8-5-11-25-22)23(28)27-12-2-1-3-13-27/h4-8,11,17-18H,1-3,9-10,12-16H2. The number of rotatable bonds is 4. The Bertz CT molecular complexity index is 811. The van der Waals surface area contributed by atoms with Gasteiger partial charge in [0.05, 0.1) is 5.56 Å². The molecule has 0 N–H and O–H groups in total. The lowest BCUT2D eigenvalue weighted by Gasteiger charge is -2.34. The lowest BCUT2D eigenvalue weighted by molar-refractivity contribution is 0.0724. The van der Waals surface area contributed by atoms with Gasteiger partial charge in [-0.3, -0.25) is 4.79 Å². The van der Waals surface area contributed by atoms with E-state index in [4.69, 9.17) is 0 Å². The Balaban J connectivity index is 1.41. The van der Waals surface area contributed by atoms with Crippen molar-refractivity contribution in [3.05, 3.63) is 59.5 Å². The maximum absolute atomic E-state index is 13.4. The second-order valence-electron chi connectivity index (χ2n) is 7.99. The number of amides is 1. The maximum atomic E-state index is 13.4. The molecule has 2 aromatic rings. The minimum absolute atomic E-state index is 0.115. The molecule has 5 heteroatoms. The first-order valence-corrected chi connectivity index (χ1v) is 10.4. The number of nitrogens with zero attached hydrogens (tertiary/aromatic N) is 3. The molecule has 1 aromatic carbocycles. The van der Waals surface area contributed by atoms with Crippen molar-refractivity contribution < 1.29 is 9.18 Å². The van der Waals surface area contributed by atoms with Crippen molar-refractivity contribution in [1.29, 1.82) is 0 Å². The molecule has 0 radical (unpaired) electrons. The van der Waals surface area contributed by atoms with Gasteiger partial charge in [0.2, 0.25) is 0 Å². The molecule has 1 amide bonds. The van der Waals surface area contributed by atoms with E-state index >= 15 is 0 Å². The monoisotopic (exact) mass is 381 g/mol. The number of carbonyl (C=O) groups is 1. The molecule has 0 spiro atoms. The van der Waals surface area contributed by atoms with Gasteiger partial charge in [-0.05, 0) is 74.3 Å². The minimum Gasteiger partial charge on any atom is -0.356 e. The Hall–Kier alpha value is -2.43. The molecule has 0 atom stereocenters. The molecule has 28 heavy (non-hydrogen) atoms. The maximum Gasteiger partial charge on any atom is 0.257 e. The van der Waals surface area contributed by atoms with Crippen LogP contribution in [0.5, 0.6) is 0 Å². The Morgan fingerprint density at radius 2 is 1.82 bits per heavy atom. The highest BCUT2D eigenvalue weighted by Crippen LogP contribution is 2.28. The Morgan fingerprint density at radius 1 is 1.04 bits per heavy atom. The van der Waals surface area contributed by atoms with Crippen LogP contribution in [-0.4, -0.2) is 42.0 Å². The number of hydrogen-bond acceptors (Lipinski definition) is 3. The number of likely N-dealkylation sites (tertiary alicyclic amines) is 1.